The van der Waals surface area contributed by atoms with Crippen LogP contribution in [0.25, 0.3) is 11.0 Å². The van der Waals surface area contributed by atoms with E-state index in [4.69, 9.17) is 4.42 Å². The molecule has 134 valence electrons. The lowest BCUT2D eigenvalue weighted by Crippen LogP contribution is -2.18. The molecule has 1 aromatic carbocycles. The van der Waals surface area contributed by atoms with Gasteiger partial charge in [-0.05, 0) is 56.2 Å². The molecule has 4 rings (SSSR count). The monoisotopic (exact) mass is 339 g/mol. The van der Waals surface area contributed by atoms with Crippen LogP contribution < -0.4 is 5.32 Å². The van der Waals surface area contributed by atoms with Crippen LogP contribution in [0.4, 0.5) is 5.69 Å². The molecule has 1 fully saturated rings. The van der Waals surface area contributed by atoms with Gasteiger partial charge in [0, 0.05) is 29.5 Å². The van der Waals surface area contributed by atoms with Crippen molar-refractivity contribution in [2.24, 2.45) is 5.92 Å². The molecule has 0 radical (unpaired) electrons. The Bertz CT molecular complexity index is 740. The zero-order valence-electron chi connectivity index (χ0n) is 15.1. The summed E-state index contributed by atoms with van der Waals surface area (Å²) in [6.45, 7) is 0. The summed E-state index contributed by atoms with van der Waals surface area (Å²) in [5.74, 6) is 1.91. The molecule has 3 heteroatoms. The van der Waals surface area contributed by atoms with Gasteiger partial charge < -0.3 is 9.73 Å². The zero-order chi connectivity index (χ0) is 17.1. The van der Waals surface area contributed by atoms with Crippen molar-refractivity contribution in [2.75, 3.05) is 5.32 Å². The molecule has 0 saturated heterocycles. The van der Waals surface area contributed by atoms with E-state index in [-0.39, 0.29) is 5.91 Å². The molecule has 2 aliphatic rings. The Morgan fingerprint density at radius 1 is 1.00 bits per heavy atom. The van der Waals surface area contributed by atoms with Gasteiger partial charge in [0.05, 0.1) is 0 Å². The number of anilines is 1. The average Bonchev–Trinajstić information content (AvgIpc) is 2.91. The number of hydrogen-bond acceptors (Lipinski definition) is 2. The van der Waals surface area contributed by atoms with E-state index in [2.05, 4.69) is 11.4 Å². The maximum atomic E-state index is 12.4. The summed E-state index contributed by atoms with van der Waals surface area (Å²) in [7, 11) is 0. The van der Waals surface area contributed by atoms with Crippen LogP contribution in [0.2, 0.25) is 0 Å². The highest BCUT2D eigenvalue weighted by molar-refractivity contribution is 5.94. The standard InChI is InChI=1S/C22H29NO2/c24-22(14-16-8-4-3-5-9-16)23-17-12-13-21-19(15-17)18-10-6-1-2-7-11-20(18)25-21/h12-13,15-16H,1-11,14H2,(H,23,24). The Kier molecular flexibility index (Phi) is 5.09. The van der Waals surface area contributed by atoms with E-state index in [0.29, 0.717) is 12.3 Å². The fourth-order valence-corrected chi connectivity index (χ4v) is 4.56. The fourth-order valence-electron chi connectivity index (χ4n) is 4.56. The number of carbonyl (C=O) groups is 1. The van der Waals surface area contributed by atoms with E-state index in [1.165, 1.54) is 74.5 Å². The lowest BCUT2D eigenvalue weighted by Gasteiger charge is -2.20. The first-order chi connectivity index (χ1) is 12.3. The van der Waals surface area contributed by atoms with Crippen LogP contribution in [-0.4, -0.2) is 5.91 Å². The van der Waals surface area contributed by atoms with Gasteiger partial charge >= 0.3 is 0 Å². The number of nitrogens with one attached hydrogen (secondary N) is 1. The van der Waals surface area contributed by atoms with Crippen LogP contribution >= 0.6 is 0 Å². The van der Waals surface area contributed by atoms with E-state index in [1.807, 2.05) is 12.1 Å². The number of rotatable bonds is 3. The largest absolute Gasteiger partial charge is 0.461 e. The molecule has 1 N–H and O–H groups in total. The van der Waals surface area contributed by atoms with Crippen molar-refractivity contribution >= 4 is 22.6 Å². The van der Waals surface area contributed by atoms with Crippen LogP contribution in [0, 0.1) is 5.92 Å². The Hall–Kier alpha value is -1.77. The number of benzene rings is 1. The summed E-state index contributed by atoms with van der Waals surface area (Å²) in [6.07, 6.45) is 14.2. The van der Waals surface area contributed by atoms with Gasteiger partial charge in [-0.2, -0.15) is 0 Å². The highest BCUT2D eigenvalue weighted by atomic mass is 16.3. The summed E-state index contributed by atoms with van der Waals surface area (Å²) < 4.78 is 6.09. The number of aryl methyl sites for hydroxylation is 2. The normalized spacial score (nSPS) is 19.2. The second-order valence-corrected chi connectivity index (χ2v) is 7.89. The van der Waals surface area contributed by atoms with Crippen LogP contribution in [0.3, 0.4) is 0 Å². The van der Waals surface area contributed by atoms with Crippen LogP contribution in [0.15, 0.2) is 22.6 Å². The molecule has 2 aromatic rings. The highest BCUT2D eigenvalue weighted by Crippen LogP contribution is 2.33. The molecular formula is C22H29NO2. The minimum absolute atomic E-state index is 0.164. The molecule has 1 heterocycles. The average molecular weight is 339 g/mol. The van der Waals surface area contributed by atoms with Crippen LogP contribution in [-0.2, 0) is 17.6 Å². The first-order valence-corrected chi connectivity index (χ1v) is 10.1. The van der Waals surface area contributed by atoms with Crippen LogP contribution in [0.5, 0.6) is 0 Å². The molecule has 2 aliphatic carbocycles. The molecule has 1 saturated carbocycles. The molecule has 0 atom stereocenters. The van der Waals surface area contributed by atoms with E-state index < -0.39 is 0 Å². The van der Waals surface area contributed by atoms with Gasteiger partial charge in [0.25, 0.3) is 0 Å². The molecule has 3 nitrogen and oxygen atoms in total. The topological polar surface area (TPSA) is 42.2 Å². The van der Waals surface area contributed by atoms with E-state index in [0.717, 1.165) is 24.1 Å². The summed E-state index contributed by atoms with van der Waals surface area (Å²) >= 11 is 0. The lowest BCUT2D eigenvalue weighted by molar-refractivity contribution is -0.117. The van der Waals surface area contributed by atoms with Gasteiger partial charge in [-0.25, -0.2) is 0 Å². The first kappa shape index (κ1) is 16.7. The second-order valence-electron chi connectivity index (χ2n) is 7.89. The zero-order valence-corrected chi connectivity index (χ0v) is 15.1. The highest BCUT2D eigenvalue weighted by Gasteiger charge is 2.19. The fraction of sp³-hybridized carbons (Fsp3) is 0.591. The molecule has 0 bridgehead atoms. The summed E-state index contributed by atoms with van der Waals surface area (Å²) in [5, 5.41) is 4.33. The third-order valence-corrected chi connectivity index (χ3v) is 5.94. The van der Waals surface area contributed by atoms with Gasteiger partial charge in [0.15, 0.2) is 0 Å². The minimum Gasteiger partial charge on any atom is -0.461 e. The predicted molar refractivity (Wildman–Crippen MR) is 102 cm³/mol. The Morgan fingerprint density at radius 3 is 2.60 bits per heavy atom. The van der Waals surface area contributed by atoms with E-state index in [1.54, 1.807) is 0 Å². The first-order valence-electron chi connectivity index (χ1n) is 10.1. The number of fused-ring (bicyclic) bond motifs is 3. The maximum absolute atomic E-state index is 12.4. The third kappa shape index (κ3) is 3.91. The lowest BCUT2D eigenvalue weighted by atomic mass is 9.87. The van der Waals surface area contributed by atoms with Gasteiger partial charge in [0.1, 0.15) is 11.3 Å². The predicted octanol–water partition coefficient (Wildman–Crippen LogP) is 6.00. The van der Waals surface area contributed by atoms with Crippen molar-refractivity contribution in [1.82, 2.24) is 0 Å². The smallest absolute Gasteiger partial charge is 0.224 e. The van der Waals surface area contributed by atoms with E-state index >= 15 is 0 Å². The van der Waals surface area contributed by atoms with Crippen molar-refractivity contribution in [3.05, 3.63) is 29.5 Å². The third-order valence-electron chi connectivity index (χ3n) is 5.94. The summed E-state index contributed by atoms with van der Waals surface area (Å²) in [6, 6.07) is 6.13. The van der Waals surface area contributed by atoms with Crippen molar-refractivity contribution < 1.29 is 9.21 Å². The number of amides is 1. The van der Waals surface area contributed by atoms with Gasteiger partial charge in [-0.15, -0.1) is 0 Å². The Labute approximate surface area is 150 Å². The van der Waals surface area contributed by atoms with Gasteiger partial charge in [-0.3, -0.25) is 4.79 Å². The molecular weight excluding hydrogens is 310 g/mol. The van der Waals surface area contributed by atoms with Crippen molar-refractivity contribution in [1.29, 1.82) is 0 Å². The number of furan rings is 1. The summed E-state index contributed by atoms with van der Waals surface area (Å²) in [5.41, 5.74) is 3.26. The van der Waals surface area contributed by atoms with Gasteiger partial charge in [-0.1, -0.05) is 32.1 Å². The van der Waals surface area contributed by atoms with Crippen molar-refractivity contribution in [3.8, 4) is 0 Å². The second kappa shape index (κ2) is 7.63. The van der Waals surface area contributed by atoms with Gasteiger partial charge in [0.2, 0.25) is 5.91 Å². The molecule has 1 aromatic heterocycles. The molecule has 0 unspecified atom stereocenters. The SMILES string of the molecule is O=C(CC1CCCCC1)Nc1ccc2oc3c(c2c1)CCCCCC3. The minimum atomic E-state index is 0.164. The number of hydrogen-bond donors (Lipinski definition) is 1. The summed E-state index contributed by atoms with van der Waals surface area (Å²) in [4.78, 5) is 12.4. The molecule has 1 amide bonds. The van der Waals surface area contributed by atoms with Crippen molar-refractivity contribution in [3.63, 3.8) is 0 Å². The quantitative estimate of drug-likeness (QED) is 0.745. The molecule has 25 heavy (non-hydrogen) atoms. The van der Waals surface area contributed by atoms with Crippen molar-refractivity contribution in [2.45, 2.75) is 77.0 Å². The van der Waals surface area contributed by atoms with Crippen LogP contribution in [0.1, 0.15) is 75.5 Å². The molecule has 0 spiro atoms. The maximum Gasteiger partial charge on any atom is 0.224 e. The molecule has 0 aliphatic heterocycles. The Morgan fingerprint density at radius 2 is 1.76 bits per heavy atom. The van der Waals surface area contributed by atoms with E-state index in [9.17, 15) is 4.79 Å². The Balaban J connectivity index is 1.50. The number of carbonyl (C=O) groups excluding carboxylic acids is 1.